The molecule has 0 radical (unpaired) electrons. The van der Waals surface area contributed by atoms with Gasteiger partial charge in [0.2, 0.25) is 5.79 Å². The predicted octanol–water partition coefficient (Wildman–Crippen LogP) is -2.56. The highest BCUT2D eigenvalue weighted by Gasteiger charge is 2.60. The van der Waals surface area contributed by atoms with Gasteiger partial charge in [0.25, 0.3) is 0 Å². The van der Waals surface area contributed by atoms with Crippen molar-refractivity contribution >= 4 is 18.0 Å². The third-order valence-corrected chi connectivity index (χ3v) is 5.77. The standard InChI is InChI=1S/C23H30O13/c1-12(26)33-20-14(9-24)35-23(11-25,21(20)31)36-22-19(30)18(29)17(28)15(34-22)10-32-16(27)8-7-13-5-3-2-4-6-13/h2-8,14-15,17-22,24-25,28-31H,9-11H2,1H3/t14-,15-,17-,18+,19-,20+,21+,22+,23+/m1/s1. The normalized spacial score (nSPS) is 36.6. The first-order chi connectivity index (χ1) is 17.1. The Bertz CT molecular complexity index is 909. The summed E-state index contributed by atoms with van der Waals surface area (Å²) in [4.78, 5) is 23.4. The maximum atomic E-state index is 12.1. The van der Waals surface area contributed by atoms with Gasteiger partial charge in [-0.25, -0.2) is 4.79 Å². The fourth-order valence-electron chi connectivity index (χ4n) is 3.87. The lowest BCUT2D eigenvalue weighted by Crippen LogP contribution is -2.63. The Morgan fingerprint density at radius 3 is 2.33 bits per heavy atom. The van der Waals surface area contributed by atoms with Crippen LogP contribution in [-0.2, 0) is 33.3 Å². The molecule has 2 saturated heterocycles. The third-order valence-electron chi connectivity index (χ3n) is 5.77. The van der Waals surface area contributed by atoms with Crippen LogP contribution in [0.5, 0.6) is 0 Å². The van der Waals surface area contributed by atoms with Gasteiger partial charge in [0.05, 0.1) is 6.61 Å². The number of carbonyl (C=O) groups excluding carboxylic acids is 2. The van der Waals surface area contributed by atoms with Gasteiger partial charge in [0.15, 0.2) is 12.4 Å². The zero-order valence-corrected chi connectivity index (χ0v) is 19.3. The zero-order chi connectivity index (χ0) is 26.5. The van der Waals surface area contributed by atoms with Crippen LogP contribution >= 0.6 is 0 Å². The van der Waals surface area contributed by atoms with E-state index in [1.165, 1.54) is 6.08 Å². The van der Waals surface area contributed by atoms with Crippen LogP contribution in [0.2, 0.25) is 0 Å². The van der Waals surface area contributed by atoms with Crippen molar-refractivity contribution < 1.29 is 63.9 Å². The highest BCUT2D eigenvalue weighted by Crippen LogP contribution is 2.37. The Labute approximate surface area is 206 Å². The second-order valence-electron chi connectivity index (χ2n) is 8.33. The van der Waals surface area contributed by atoms with Crippen LogP contribution in [0, 0.1) is 0 Å². The van der Waals surface area contributed by atoms with Crippen molar-refractivity contribution in [2.24, 2.45) is 0 Å². The molecule has 0 bridgehead atoms. The minimum absolute atomic E-state index is 0.548. The molecule has 0 unspecified atom stereocenters. The summed E-state index contributed by atoms with van der Waals surface area (Å²) in [6, 6.07) is 8.91. The predicted molar refractivity (Wildman–Crippen MR) is 118 cm³/mol. The molecule has 0 aliphatic carbocycles. The van der Waals surface area contributed by atoms with Crippen LogP contribution in [0.1, 0.15) is 12.5 Å². The zero-order valence-electron chi connectivity index (χ0n) is 19.3. The van der Waals surface area contributed by atoms with E-state index in [4.69, 9.17) is 23.7 Å². The van der Waals surface area contributed by atoms with E-state index in [1.807, 2.05) is 6.07 Å². The van der Waals surface area contributed by atoms with E-state index < -0.39 is 86.6 Å². The number of hydrogen-bond donors (Lipinski definition) is 6. The first kappa shape index (κ1) is 28.1. The molecule has 6 N–H and O–H groups in total. The quantitative estimate of drug-likeness (QED) is 0.149. The first-order valence-electron chi connectivity index (χ1n) is 11.1. The van der Waals surface area contributed by atoms with Gasteiger partial charge >= 0.3 is 11.9 Å². The average molecular weight is 514 g/mol. The topological polar surface area (TPSA) is 202 Å². The Kier molecular flexibility index (Phi) is 9.52. The molecular weight excluding hydrogens is 484 g/mol. The highest BCUT2D eigenvalue weighted by atomic mass is 16.8. The van der Waals surface area contributed by atoms with Crippen molar-refractivity contribution in [2.75, 3.05) is 19.8 Å². The van der Waals surface area contributed by atoms with E-state index in [1.54, 1.807) is 24.3 Å². The molecule has 36 heavy (non-hydrogen) atoms. The van der Waals surface area contributed by atoms with E-state index in [2.05, 4.69) is 0 Å². The molecule has 2 fully saturated rings. The van der Waals surface area contributed by atoms with Crippen LogP contribution in [-0.4, -0.2) is 117 Å². The number of carbonyl (C=O) groups is 2. The van der Waals surface area contributed by atoms with E-state index in [9.17, 15) is 40.2 Å². The van der Waals surface area contributed by atoms with Gasteiger partial charge in [-0.05, 0) is 11.6 Å². The van der Waals surface area contributed by atoms with E-state index in [0.717, 1.165) is 18.6 Å². The number of rotatable bonds is 9. The first-order valence-corrected chi connectivity index (χ1v) is 11.1. The summed E-state index contributed by atoms with van der Waals surface area (Å²) in [6.45, 7) is -1.23. The maximum Gasteiger partial charge on any atom is 0.330 e. The summed E-state index contributed by atoms with van der Waals surface area (Å²) >= 11 is 0. The second kappa shape index (κ2) is 12.2. The SMILES string of the molecule is CC(=O)O[C@H]1[C@@H](CO)O[C@@](CO)(O[C@@H]2O[C@H](COC(=O)C=Cc3ccccc3)[C@@H](O)[C@H](O)[C@H]2O)[C@H]1O. The van der Waals surface area contributed by atoms with Gasteiger partial charge < -0.3 is 54.3 Å². The number of ether oxygens (including phenoxy) is 5. The van der Waals surface area contributed by atoms with Crippen LogP contribution in [0.3, 0.4) is 0 Å². The van der Waals surface area contributed by atoms with Crippen molar-refractivity contribution in [2.45, 2.75) is 61.7 Å². The molecule has 13 nitrogen and oxygen atoms in total. The van der Waals surface area contributed by atoms with Gasteiger partial charge in [-0.3, -0.25) is 4.79 Å². The van der Waals surface area contributed by atoms with Gasteiger partial charge in [0.1, 0.15) is 49.8 Å². The Morgan fingerprint density at radius 1 is 1.03 bits per heavy atom. The fraction of sp³-hybridized carbons (Fsp3) is 0.565. The number of aliphatic hydroxyl groups excluding tert-OH is 6. The third kappa shape index (κ3) is 6.26. The lowest BCUT2D eigenvalue weighted by molar-refractivity contribution is -0.383. The fourth-order valence-corrected chi connectivity index (χ4v) is 3.87. The van der Waals surface area contributed by atoms with Crippen LogP contribution in [0.15, 0.2) is 36.4 Å². The van der Waals surface area contributed by atoms with Crippen molar-refractivity contribution in [1.82, 2.24) is 0 Å². The Balaban J connectivity index is 1.68. The molecule has 2 aliphatic heterocycles. The van der Waals surface area contributed by atoms with Crippen molar-refractivity contribution in [3.05, 3.63) is 42.0 Å². The molecule has 200 valence electrons. The molecule has 2 heterocycles. The molecule has 0 amide bonds. The molecule has 0 saturated carbocycles. The smallest absolute Gasteiger partial charge is 0.330 e. The van der Waals surface area contributed by atoms with Crippen molar-refractivity contribution in [3.8, 4) is 0 Å². The lowest BCUT2D eigenvalue weighted by Gasteiger charge is -2.43. The molecular formula is C23H30O13. The van der Waals surface area contributed by atoms with Crippen LogP contribution in [0.25, 0.3) is 6.08 Å². The van der Waals surface area contributed by atoms with E-state index in [0.29, 0.717) is 0 Å². The van der Waals surface area contributed by atoms with Gasteiger partial charge in [-0.15, -0.1) is 0 Å². The lowest BCUT2D eigenvalue weighted by atomic mass is 9.99. The summed E-state index contributed by atoms with van der Waals surface area (Å²) in [6.07, 6.45) is -10.5. The number of hydrogen-bond acceptors (Lipinski definition) is 13. The van der Waals surface area contributed by atoms with Crippen LogP contribution < -0.4 is 0 Å². The Hall–Kier alpha value is -2.46. The Morgan fingerprint density at radius 2 is 1.72 bits per heavy atom. The summed E-state index contributed by atoms with van der Waals surface area (Å²) < 4.78 is 26.4. The molecule has 13 heteroatoms. The minimum Gasteiger partial charge on any atom is -0.460 e. The maximum absolute atomic E-state index is 12.1. The summed E-state index contributed by atoms with van der Waals surface area (Å²) in [5, 5.41) is 61.1. The molecule has 3 rings (SSSR count). The highest BCUT2D eigenvalue weighted by molar-refractivity contribution is 5.87. The van der Waals surface area contributed by atoms with Gasteiger partial charge in [0, 0.05) is 13.0 Å². The molecule has 0 spiro atoms. The van der Waals surface area contributed by atoms with Crippen molar-refractivity contribution in [1.29, 1.82) is 0 Å². The molecule has 1 aromatic carbocycles. The molecule has 0 aromatic heterocycles. The molecule has 1 aromatic rings. The van der Waals surface area contributed by atoms with Gasteiger partial charge in [-0.1, -0.05) is 30.3 Å². The van der Waals surface area contributed by atoms with E-state index >= 15 is 0 Å². The monoisotopic (exact) mass is 514 g/mol. The number of aliphatic hydroxyl groups is 6. The second-order valence-corrected chi connectivity index (χ2v) is 8.33. The van der Waals surface area contributed by atoms with E-state index in [-0.39, 0.29) is 0 Å². The molecule has 2 aliphatic rings. The summed E-state index contributed by atoms with van der Waals surface area (Å²) in [5.41, 5.74) is 0.744. The molecule has 9 atom stereocenters. The largest absolute Gasteiger partial charge is 0.460 e. The van der Waals surface area contributed by atoms with Gasteiger partial charge in [-0.2, -0.15) is 0 Å². The average Bonchev–Trinajstić information content (AvgIpc) is 3.13. The summed E-state index contributed by atoms with van der Waals surface area (Å²) in [5.74, 6) is -3.91. The number of esters is 2. The van der Waals surface area contributed by atoms with Crippen molar-refractivity contribution in [3.63, 3.8) is 0 Å². The van der Waals surface area contributed by atoms with Crippen LogP contribution in [0.4, 0.5) is 0 Å². The minimum atomic E-state index is -2.33. The number of benzene rings is 1. The summed E-state index contributed by atoms with van der Waals surface area (Å²) in [7, 11) is 0.